The van der Waals surface area contributed by atoms with Gasteiger partial charge in [-0.05, 0) is 74.5 Å². The molecule has 4 rings (SSSR count). The number of hydrogen-bond donors (Lipinski definition) is 4. The quantitative estimate of drug-likeness (QED) is 0.291. The molecule has 41 heavy (non-hydrogen) atoms. The van der Waals surface area contributed by atoms with Gasteiger partial charge in [0.2, 0.25) is 17.7 Å². The molecular weight excluding hydrogens is 556 g/mol. The molecule has 1 fully saturated rings. The monoisotopic (exact) mass is 591 g/mol. The predicted molar refractivity (Wildman–Crippen MR) is 147 cm³/mol. The van der Waals surface area contributed by atoms with Crippen LogP contribution in [0.2, 0.25) is 0 Å². The summed E-state index contributed by atoms with van der Waals surface area (Å²) in [5, 5.41) is 11.7. The lowest BCUT2D eigenvalue weighted by atomic mass is 10.1. The van der Waals surface area contributed by atoms with Crippen LogP contribution in [0.5, 0.6) is 0 Å². The van der Waals surface area contributed by atoms with Gasteiger partial charge in [-0.25, -0.2) is 4.39 Å². The molecular formula is C28H35F2N5O5S. The lowest BCUT2D eigenvalue weighted by molar-refractivity contribution is -0.141. The fraction of sp³-hybridized carbons (Fsp3) is 0.464. The Morgan fingerprint density at radius 1 is 1.10 bits per heavy atom. The zero-order valence-corrected chi connectivity index (χ0v) is 23.8. The van der Waals surface area contributed by atoms with Crippen molar-refractivity contribution < 1.29 is 31.1 Å². The molecule has 13 heteroatoms. The highest BCUT2D eigenvalue weighted by Crippen LogP contribution is 2.33. The lowest BCUT2D eigenvalue weighted by Gasteiger charge is -2.30. The van der Waals surface area contributed by atoms with Gasteiger partial charge < -0.3 is 26.2 Å². The summed E-state index contributed by atoms with van der Waals surface area (Å²) in [5.74, 6) is -1.41. The van der Waals surface area contributed by atoms with Crippen molar-refractivity contribution in [3.05, 3.63) is 65.0 Å². The first-order valence-electron chi connectivity index (χ1n) is 13.6. The van der Waals surface area contributed by atoms with Gasteiger partial charge in [0.05, 0.1) is 17.0 Å². The van der Waals surface area contributed by atoms with E-state index >= 15 is 0 Å². The molecule has 1 saturated heterocycles. The minimum Gasteiger partial charge on any atom is -0.347 e. The Labute approximate surface area is 238 Å². The predicted octanol–water partition coefficient (Wildman–Crippen LogP) is 1.46. The van der Waals surface area contributed by atoms with E-state index in [9.17, 15) is 31.1 Å². The maximum absolute atomic E-state index is 14.2. The number of halogens is 2. The molecule has 1 aliphatic heterocycles. The van der Waals surface area contributed by atoms with Crippen molar-refractivity contribution in [3.63, 3.8) is 0 Å². The topological polar surface area (TPSA) is 137 Å². The highest BCUT2D eigenvalue weighted by molar-refractivity contribution is 7.86. The molecule has 0 radical (unpaired) electrons. The summed E-state index contributed by atoms with van der Waals surface area (Å²) in [6, 6.07) is 7.41. The van der Waals surface area contributed by atoms with Crippen molar-refractivity contribution in [1.82, 2.24) is 26.2 Å². The lowest BCUT2D eigenvalue weighted by Crippen LogP contribution is -2.58. The summed E-state index contributed by atoms with van der Waals surface area (Å²) in [6.45, 7) is 2.25. The van der Waals surface area contributed by atoms with Crippen LogP contribution in [0.15, 0.2) is 47.4 Å². The highest BCUT2D eigenvalue weighted by atomic mass is 32.3. The Morgan fingerprint density at radius 3 is 2.51 bits per heavy atom. The summed E-state index contributed by atoms with van der Waals surface area (Å²) in [7, 11) is -3.19. The van der Waals surface area contributed by atoms with Gasteiger partial charge in [-0.1, -0.05) is 24.3 Å². The van der Waals surface area contributed by atoms with E-state index in [4.69, 9.17) is 0 Å². The first kappa shape index (κ1) is 30.5. The average molecular weight is 592 g/mol. The van der Waals surface area contributed by atoms with E-state index in [1.807, 2.05) is 0 Å². The van der Waals surface area contributed by atoms with E-state index < -0.39 is 45.1 Å². The zero-order chi connectivity index (χ0) is 29.7. The molecule has 3 amide bonds. The minimum atomic E-state index is -4.81. The fourth-order valence-corrected chi connectivity index (χ4v) is 5.75. The molecule has 4 N–H and O–H groups in total. The van der Waals surface area contributed by atoms with Crippen LogP contribution in [0.3, 0.4) is 0 Å². The number of carbonyl (C=O) groups is 3. The molecule has 222 valence electrons. The molecule has 1 heterocycles. The number of nitrogens with zero attached hydrogens (tertiary/aromatic N) is 1. The van der Waals surface area contributed by atoms with Gasteiger partial charge in [0.1, 0.15) is 17.9 Å². The molecule has 0 saturated carbocycles. The number of likely N-dealkylation sites (N-methyl/N-ethyl adjacent to an activating group) is 1. The molecule has 4 atom stereocenters. The third-order valence-electron chi connectivity index (χ3n) is 7.69. The molecule has 2 aliphatic rings. The summed E-state index contributed by atoms with van der Waals surface area (Å²) in [5.41, 5.74) is 2.00. The third-order valence-corrected chi connectivity index (χ3v) is 8.53. The number of benzene rings is 2. The van der Waals surface area contributed by atoms with Gasteiger partial charge >= 0.3 is 10.2 Å². The Bertz CT molecular complexity index is 1390. The molecule has 1 aliphatic carbocycles. The van der Waals surface area contributed by atoms with E-state index in [0.717, 1.165) is 17.7 Å². The van der Waals surface area contributed by atoms with Crippen LogP contribution in [0.4, 0.5) is 8.28 Å². The standard InChI is InChI=1S/C28H35F2N5O5S/c1-17(31-2)26(36)34-24(16-32-15-18-8-10-19(11-9-18)41(30,39)40)28(38)35-14-4-7-25(35)27(37)33-23-13-12-20-21(23)5-3-6-22(20)29/h3,5-6,8-11,17,23-25,31-32H,4,7,12-16H2,1-2H3,(H,33,37)(H,34,36)/t17-,23+,24-,25-/m0/s1. The molecule has 0 bridgehead atoms. The Hall–Kier alpha value is -3.42. The first-order valence-corrected chi connectivity index (χ1v) is 15.0. The van der Waals surface area contributed by atoms with E-state index in [0.29, 0.717) is 43.4 Å². The van der Waals surface area contributed by atoms with E-state index in [1.54, 1.807) is 26.1 Å². The van der Waals surface area contributed by atoms with Crippen LogP contribution in [0.1, 0.15) is 48.9 Å². The van der Waals surface area contributed by atoms with Crippen LogP contribution < -0.4 is 21.3 Å². The molecule has 0 aromatic heterocycles. The van der Waals surface area contributed by atoms with Crippen molar-refractivity contribution >= 4 is 27.9 Å². The smallest absolute Gasteiger partial charge is 0.332 e. The number of likely N-dealkylation sites (tertiary alicyclic amines) is 1. The summed E-state index contributed by atoms with van der Waals surface area (Å²) < 4.78 is 49.5. The van der Waals surface area contributed by atoms with Gasteiger partial charge in [-0.15, -0.1) is 3.89 Å². The summed E-state index contributed by atoms with van der Waals surface area (Å²) in [4.78, 5) is 40.7. The SMILES string of the molecule is CN[C@@H](C)C(=O)N[C@@H](CNCc1ccc(S(=O)(=O)F)cc1)C(=O)N1CCC[C@H]1C(=O)N[C@@H]1CCc2c(F)cccc21. The Morgan fingerprint density at radius 2 is 1.83 bits per heavy atom. The number of hydrogen-bond acceptors (Lipinski definition) is 7. The Balaban J connectivity index is 1.43. The second-order valence-electron chi connectivity index (χ2n) is 10.4. The van der Waals surface area contributed by atoms with Gasteiger partial charge in [0.15, 0.2) is 0 Å². The zero-order valence-electron chi connectivity index (χ0n) is 23.0. The fourth-order valence-electron chi connectivity index (χ4n) is 5.29. The number of nitrogens with one attached hydrogen (secondary N) is 4. The van der Waals surface area contributed by atoms with E-state index in [-0.39, 0.29) is 30.9 Å². The molecule has 0 spiro atoms. The number of carbonyl (C=O) groups excluding carboxylic acids is 3. The van der Waals surface area contributed by atoms with Crippen molar-refractivity contribution in [2.45, 2.75) is 68.2 Å². The van der Waals surface area contributed by atoms with Crippen molar-refractivity contribution in [3.8, 4) is 0 Å². The van der Waals surface area contributed by atoms with Gasteiger partial charge in [-0.3, -0.25) is 14.4 Å². The summed E-state index contributed by atoms with van der Waals surface area (Å²) in [6.07, 6.45) is 2.18. The summed E-state index contributed by atoms with van der Waals surface area (Å²) >= 11 is 0. The van der Waals surface area contributed by atoms with Gasteiger partial charge in [0, 0.05) is 19.6 Å². The molecule has 0 unspecified atom stereocenters. The second-order valence-corrected chi connectivity index (χ2v) is 11.7. The third kappa shape index (κ3) is 7.27. The number of rotatable bonds is 11. The van der Waals surface area contributed by atoms with Crippen LogP contribution >= 0.6 is 0 Å². The van der Waals surface area contributed by atoms with Gasteiger partial charge in [-0.2, -0.15) is 8.42 Å². The van der Waals surface area contributed by atoms with Crippen LogP contribution in [-0.4, -0.2) is 69.3 Å². The van der Waals surface area contributed by atoms with E-state index in [1.165, 1.54) is 23.1 Å². The van der Waals surface area contributed by atoms with Gasteiger partial charge in [0.25, 0.3) is 0 Å². The van der Waals surface area contributed by atoms with Crippen LogP contribution in [0.25, 0.3) is 0 Å². The van der Waals surface area contributed by atoms with Crippen LogP contribution in [0, 0.1) is 5.82 Å². The first-order chi connectivity index (χ1) is 19.5. The normalized spacial score (nSPS) is 19.9. The average Bonchev–Trinajstić information content (AvgIpc) is 3.60. The molecule has 2 aromatic rings. The second kappa shape index (κ2) is 13.0. The number of fused-ring (bicyclic) bond motifs is 1. The Kier molecular flexibility index (Phi) is 9.72. The molecule has 2 aromatic carbocycles. The van der Waals surface area contributed by atoms with E-state index in [2.05, 4.69) is 21.3 Å². The maximum Gasteiger partial charge on any atom is 0.332 e. The highest BCUT2D eigenvalue weighted by Gasteiger charge is 2.39. The largest absolute Gasteiger partial charge is 0.347 e. The molecule has 10 nitrogen and oxygen atoms in total. The van der Waals surface area contributed by atoms with Crippen molar-refractivity contribution in [2.24, 2.45) is 0 Å². The van der Waals surface area contributed by atoms with Crippen molar-refractivity contribution in [1.29, 1.82) is 0 Å². The van der Waals surface area contributed by atoms with Crippen LogP contribution in [-0.2, 0) is 37.6 Å². The number of amides is 3. The van der Waals surface area contributed by atoms with Crippen molar-refractivity contribution in [2.75, 3.05) is 20.1 Å². The minimum absolute atomic E-state index is 0.0320. The maximum atomic E-state index is 14.2.